The van der Waals surface area contributed by atoms with Gasteiger partial charge in [0.25, 0.3) is 0 Å². The summed E-state index contributed by atoms with van der Waals surface area (Å²) in [4.78, 5) is 28.3. The molecule has 2 amide bonds. The SMILES string of the molecule is Cc1ccc(CN2C(=O)CN(S(=O)(=O)c3ccccc3)C[C@@]2(C)C(=O)NCc2ccccc2)o1. The molecule has 178 valence electrons. The topological polar surface area (TPSA) is 99.9 Å². The Kier molecular flexibility index (Phi) is 6.58. The third-order valence-corrected chi connectivity index (χ3v) is 7.77. The number of furan rings is 1. The number of carbonyl (C=O) groups is 2. The zero-order valence-corrected chi connectivity index (χ0v) is 19.9. The van der Waals surface area contributed by atoms with Gasteiger partial charge in [-0.15, -0.1) is 0 Å². The first kappa shape index (κ1) is 23.7. The van der Waals surface area contributed by atoms with Crippen LogP contribution in [0.3, 0.4) is 0 Å². The Morgan fingerprint density at radius 1 is 1.03 bits per heavy atom. The Morgan fingerprint density at radius 2 is 1.68 bits per heavy atom. The number of sulfonamides is 1. The zero-order chi connectivity index (χ0) is 24.3. The molecule has 0 unspecified atom stereocenters. The molecule has 9 heteroatoms. The first-order valence-electron chi connectivity index (χ1n) is 10.9. The molecule has 3 aromatic rings. The van der Waals surface area contributed by atoms with E-state index in [1.807, 2.05) is 30.3 Å². The lowest BCUT2D eigenvalue weighted by atomic mass is 9.95. The van der Waals surface area contributed by atoms with Crippen LogP contribution in [0.5, 0.6) is 0 Å². The molecule has 0 bridgehead atoms. The molecule has 0 aliphatic carbocycles. The van der Waals surface area contributed by atoms with Gasteiger partial charge in [0.2, 0.25) is 21.8 Å². The minimum Gasteiger partial charge on any atom is -0.464 e. The predicted octanol–water partition coefficient (Wildman–Crippen LogP) is 2.70. The first-order chi connectivity index (χ1) is 16.2. The summed E-state index contributed by atoms with van der Waals surface area (Å²) < 4.78 is 33.3. The molecule has 1 aliphatic heterocycles. The van der Waals surface area contributed by atoms with Crippen LogP contribution in [0.1, 0.15) is 24.0 Å². The molecule has 1 atom stereocenters. The van der Waals surface area contributed by atoms with Crippen LogP contribution >= 0.6 is 0 Å². The number of aryl methyl sites for hydroxylation is 1. The second kappa shape index (κ2) is 9.44. The van der Waals surface area contributed by atoms with Gasteiger partial charge < -0.3 is 14.6 Å². The lowest BCUT2D eigenvalue weighted by Crippen LogP contribution is -2.69. The summed E-state index contributed by atoms with van der Waals surface area (Å²) in [6.07, 6.45) is 0. The highest BCUT2D eigenvalue weighted by molar-refractivity contribution is 7.89. The fraction of sp³-hybridized carbons (Fsp3) is 0.280. The van der Waals surface area contributed by atoms with Crippen LogP contribution in [0.25, 0.3) is 0 Å². The third-order valence-electron chi connectivity index (χ3n) is 5.97. The summed E-state index contributed by atoms with van der Waals surface area (Å²) in [6, 6.07) is 20.8. The Hall–Kier alpha value is -3.43. The fourth-order valence-electron chi connectivity index (χ4n) is 4.06. The Balaban J connectivity index is 1.65. The molecule has 2 heterocycles. The van der Waals surface area contributed by atoms with Crippen LogP contribution in [0.2, 0.25) is 0 Å². The molecule has 1 aliphatic rings. The summed E-state index contributed by atoms with van der Waals surface area (Å²) in [6.45, 7) is 3.15. The largest absolute Gasteiger partial charge is 0.464 e. The number of amides is 2. The van der Waals surface area contributed by atoms with Gasteiger partial charge in [-0.3, -0.25) is 9.59 Å². The molecule has 34 heavy (non-hydrogen) atoms. The van der Waals surface area contributed by atoms with E-state index in [-0.39, 0.29) is 31.1 Å². The van der Waals surface area contributed by atoms with Gasteiger partial charge in [0.15, 0.2) is 0 Å². The van der Waals surface area contributed by atoms with Crippen molar-refractivity contribution in [3.8, 4) is 0 Å². The van der Waals surface area contributed by atoms with E-state index in [4.69, 9.17) is 4.42 Å². The predicted molar refractivity (Wildman–Crippen MR) is 126 cm³/mol. The van der Waals surface area contributed by atoms with Gasteiger partial charge in [-0.05, 0) is 43.7 Å². The number of hydrogen-bond acceptors (Lipinski definition) is 5. The smallest absolute Gasteiger partial charge is 0.247 e. The van der Waals surface area contributed by atoms with Gasteiger partial charge in [0, 0.05) is 13.1 Å². The fourth-order valence-corrected chi connectivity index (χ4v) is 5.56. The van der Waals surface area contributed by atoms with Crippen LogP contribution in [0, 0.1) is 6.92 Å². The molecule has 1 fully saturated rings. The third kappa shape index (κ3) is 4.76. The normalized spacial score (nSPS) is 19.2. The molecule has 0 spiro atoms. The van der Waals surface area contributed by atoms with Crippen molar-refractivity contribution in [1.82, 2.24) is 14.5 Å². The number of hydrogen-bond donors (Lipinski definition) is 1. The molecular weight excluding hydrogens is 454 g/mol. The van der Waals surface area contributed by atoms with E-state index in [9.17, 15) is 18.0 Å². The molecule has 0 saturated carbocycles. The lowest BCUT2D eigenvalue weighted by molar-refractivity contribution is -0.154. The lowest BCUT2D eigenvalue weighted by Gasteiger charge is -2.46. The van der Waals surface area contributed by atoms with E-state index in [1.54, 1.807) is 44.2 Å². The summed E-state index contributed by atoms with van der Waals surface area (Å²) in [5.41, 5.74) is -0.560. The summed E-state index contributed by atoms with van der Waals surface area (Å²) in [5.74, 6) is 0.286. The van der Waals surface area contributed by atoms with Crippen molar-refractivity contribution >= 4 is 21.8 Å². The highest BCUT2D eigenvalue weighted by atomic mass is 32.2. The highest BCUT2D eigenvalue weighted by Crippen LogP contribution is 2.29. The summed E-state index contributed by atoms with van der Waals surface area (Å²) in [5, 5.41) is 2.88. The maximum absolute atomic E-state index is 13.5. The number of nitrogens with one attached hydrogen (secondary N) is 1. The van der Waals surface area contributed by atoms with Crippen molar-refractivity contribution in [3.05, 3.63) is 89.9 Å². The van der Waals surface area contributed by atoms with Crippen molar-refractivity contribution in [1.29, 1.82) is 0 Å². The van der Waals surface area contributed by atoms with Gasteiger partial charge in [0.1, 0.15) is 17.1 Å². The van der Waals surface area contributed by atoms with E-state index < -0.39 is 27.4 Å². The molecule has 4 rings (SSSR count). The Labute approximate surface area is 199 Å². The minimum absolute atomic E-state index is 0.0567. The van der Waals surface area contributed by atoms with Crippen molar-refractivity contribution in [2.75, 3.05) is 13.1 Å². The van der Waals surface area contributed by atoms with E-state index in [0.29, 0.717) is 11.5 Å². The van der Waals surface area contributed by atoms with Gasteiger partial charge in [-0.25, -0.2) is 8.42 Å². The second-order valence-corrected chi connectivity index (χ2v) is 10.5. The van der Waals surface area contributed by atoms with Crippen LogP contribution in [-0.4, -0.2) is 48.1 Å². The van der Waals surface area contributed by atoms with Crippen molar-refractivity contribution < 1.29 is 22.4 Å². The number of nitrogens with zero attached hydrogens (tertiary/aromatic N) is 2. The summed E-state index contributed by atoms with van der Waals surface area (Å²) in [7, 11) is -3.98. The first-order valence-corrected chi connectivity index (χ1v) is 12.4. The zero-order valence-electron chi connectivity index (χ0n) is 19.1. The van der Waals surface area contributed by atoms with Crippen LogP contribution < -0.4 is 5.32 Å². The van der Waals surface area contributed by atoms with Crippen LogP contribution in [-0.2, 0) is 32.7 Å². The molecule has 8 nitrogen and oxygen atoms in total. The second-order valence-electron chi connectivity index (χ2n) is 8.52. The van der Waals surface area contributed by atoms with Gasteiger partial charge in [-0.1, -0.05) is 48.5 Å². The van der Waals surface area contributed by atoms with Crippen LogP contribution in [0.15, 0.2) is 82.1 Å². The standard InChI is InChI=1S/C25H27N3O5S/c1-19-13-14-21(33-19)16-28-23(29)17-27(34(31,32)22-11-7-4-8-12-22)18-25(28,2)24(30)26-15-20-9-5-3-6-10-20/h3-14H,15-18H2,1-2H3,(H,26,30)/t25-/m0/s1. The monoisotopic (exact) mass is 481 g/mol. The summed E-state index contributed by atoms with van der Waals surface area (Å²) >= 11 is 0. The molecule has 2 aromatic carbocycles. The quantitative estimate of drug-likeness (QED) is 0.559. The van der Waals surface area contributed by atoms with Crippen molar-refractivity contribution in [2.45, 2.75) is 37.4 Å². The Morgan fingerprint density at radius 3 is 2.29 bits per heavy atom. The average Bonchev–Trinajstić information content (AvgIpc) is 3.25. The molecular formula is C25H27N3O5S. The van der Waals surface area contributed by atoms with Crippen LogP contribution in [0.4, 0.5) is 0 Å². The van der Waals surface area contributed by atoms with Crippen molar-refractivity contribution in [3.63, 3.8) is 0 Å². The molecule has 1 aromatic heterocycles. The van der Waals surface area contributed by atoms with E-state index in [1.165, 1.54) is 17.0 Å². The molecule has 0 radical (unpaired) electrons. The number of piperazine rings is 1. The number of carbonyl (C=O) groups excluding carboxylic acids is 2. The minimum atomic E-state index is -3.98. The van der Waals surface area contributed by atoms with E-state index >= 15 is 0 Å². The van der Waals surface area contributed by atoms with E-state index in [0.717, 1.165) is 9.87 Å². The maximum atomic E-state index is 13.5. The average molecular weight is 482 g/mol. The highest BCUT2D eigenvalue weighted by Gasteiger charge is 2.50. The van der Waals surface area contributed by atoms with Gasteiger partial charge >= 0.3 is 0 Å². The number of rotatable bonds is 7. The molecule has 1 saturated heterocycles. The van der Waals surface area contributed by atoms with Crippen molar-refractivity contribution in [2.24, 2.45) is 0 Å². The Bertz CT molecular complexity index is 1270. The molecule has 1 N–H and O–H groups in total. The van der Waals surface area contributed by atoms with E-state index in [2.05, 4.69) is 5.32 Å². The maximum Gasteiger partial charge on any atom is 0.247 e. The van der Waals surface area contributed by atoms with Gasteiger partial charge in [-0.2, -0.15) is 4.31 Å². The number of benzene rings is 2. The van der Waals surface area contributed by atoms with Gasteiger partial charge in [0.05, 0.1) is 18.0 Å².